The minimum Gasteiger partial charge on any atom is -0.480 e. The molecule has 8 heteroatoms. The Morgan fingerprint density at radius 1 is 0.929 bits per heavy atom. The van der Waals surface area contributed by atoms with Gasteiger partial charge in [-0.15, -0.1) is 0 Å². The molecule has 0 radical (unpaired) electrons. The average Bonchev–Trinajstić information content (AvgIpc) is 2.70. The second-order valence-corrected chi connectivity index (χ2v) is 6.23. The Morgan fingerprint density at radius 2 is 1.50 bits per heavy atom. The SMILES string of the molecule is COC(=O)C(C(=O)OC)[C@H](C)[C@@H](NC(=O)c1ccc2ccccc2c1)C(=O)O. The first-order chi connectivity index (χ1) is 13.3. The summed E-state index contributed by atoms with van der Waals surface area (Å²) in [4.78, 5) is 48.2. The second kappa shape index (κ2) is 8.98. The number of hydrogen-bond acceptors (Lipinski definition) is 6. The molecule has 0 aliphatic rings. The summed E-state index contributed by atoms with van der Waals surface area (Å²) >= 11 is 0. The summed E-state index contributed by atoms with van der Waals surface area (Å²) in [6.07, 6.45) is 0. The van der Waals surface area contributed by atoms with Gasteiger partial charge in [-0.25, -0.2) is 4.79 Å². The number of esters is 2. The van der Waals surface area contributed by atoms with Crippen molar-refractivity contribution in [1.29, 1.82) is 0 Å². The number of methoxy groups -OCH3 is 2. The van der Waals surface area contributed by atoms with Crippen molar-refractivity contribution in [3.63, 3.8) is 0 Å². The van der Waals surface area contributed by atoms with Crippen molar-refractivity contribution in [2.45, 2.75) is 13.0 Å². The number of carbonyl (C=O) groups is 4. The standard InChI is InChI=1S/C20H21NO7/c1-11(15(19(25)27-2)20(26)28-3)16(18(23)24)21-17(22)14-9-8-12-6-4-5-7-13(12)10-14/h4-11,15-16H,1-3H3,(H,21,22)(H,23,24)/t11-,16+/m0/s1. The van der Waals surface area contributed by atoms with Crippen LogP contribution in [0, 0.1) is 11.8 Å². The van der Waals surface area contributed by atoms with Gasteiger partial charge in [0.2, 0.25) is 0 Å². The number of amides is 1. The van der Waals surface area contributed by atoms with Gasteiger partial charge < -0.3 is 19.9 Å². The molecule has 0 fully saturated rings. The Kier molecular flexibility index (Phi) is 6.70. The molecule has 1 amide bonds. The van der Waals surface area contributed by atoms with Gasteiger partial charge >= 0.3 is 17.9 Å². The Balaban J connectivity index is 2.29. The van der Waals surface area contributed by atoms with Crippen LogP contribution in [0.2, 0.25) is 0 Å². The van der Waals surface area contributed by atoms with E-state index in [2.05, 4.69) is 14.8 Å². The lowest BCUT2D eigenvalue weighted by molar-refractivity contribution is -0.162. The zero-order chi connectivity index (χ0) is 20.8. The van der Waals surface area contributed by atoms with Gasteiger partial charge in [-0.05, 0) is 22.9 Å². The van der Waals surface area contributed by atoms with Crippen LogP contribution in [-0.2, 0) is 23.9 Å². The van der Waals surface area contributed by atoms with Crippen LogP contribution in [0.5, 0.6) is 0 Å². The van der Waals surface area contributed by atoms with Gasteiger partial charge in [0, 0.05) is 11.5 Å². The van der Waals surface area contributed by atoms with Crippen LogP contribution >= 0.6 is 0 Å². The van der Waals surface area contributed by atoms with Gasteiger partial charge in [-0.1, -0.05) is 37.3 Å². The fourth-order valence-corrected chi connectivity index (χ4v) is 2.95. The molecule has 0 spiro atoms. The third-order valence-electron chi connectivity index (χ3n) is 4.53. The van der Waals surface area contributed by atoms with Crippen LogP contribution in [0.3, 0.4) is 0 Å². The van der Waals surface area contributed by atoms with Crippen molar-refractivity contribution < 1.29 is 33.8 Å². The highest BCUT2D eigenvalue weighted by Crippen LogP contribution is 2.21. The molecule has 2 atom stereocenters. The number of ether oxygens (including phenoxy) is 2. The fourth-order valence-electron chi connectivity index (χ4n) is 2.95. The third kappa shape index (κ3) is 4.46. The Bertz CT molecular complexity index is 892. The highest BCUT2D eigenvalue weighted by molar-refractivity contribution is 6.01. The van der Waals surface area contributed by atoms with Gasteiger partial charge in [0.1, 0.15) is 6.04 Å². The smallest absolute Gasteiger partial charge is 0.326 e. The van der Waals surface area contributed by atoms with E-state index in [1.54, 1.807) is 18.2 Å². The maximum absolute atomic E-state index is 12.6. The summed E-state index contributed by atoms with van der Waals surface area (Å²) in [5, 5.41) is 13.7. The van der Waals surface area contributed by atoms with E-state index in [1.807, 2.05) is 24.3 Å². The zero-order valence-corrected chi connectivity index (χ0v) is 15.7. The average molecular weight is 387 g/mol. The lowest BCUT2D eigenvalue weighted by Crippen LogP contribution is -2.50. The molecule has 148 valence electrons. The highest BCUT2D eigenvalue weighted by atomic mass is 16.5. The van der Waals surface area contributed by atoms with E-state index < -0.39 is 41.7 Å². The predicted molar refractivity (Wildman–Crippen MR) is 99.5 cm³/mol. The van der Waals surface area contributed by atoms with Crippen molar-refractivity contribution in [3.05, 3.63) is 48.0 Å². The van der Waals surface area contributed by atoms with Crippen molar-refractivity contribution in [3.8, 4) is 0 Å². The maximum atomic E-state index is 12.6. The number of rotatable bonds is 7. The molecule has 2 N–H and O–H groups in total. The summed E-state index contributed by atoms with van der Waals surface area (Å²) in [5.74, 6) is -6.51. The Labute approximate surface area is 161 Å². The molecule has 0 saturated carbocycles. The molecule has 0 bridgehead atoms. The molecule has 2 aromatic rings. The van der Waals surface area contributed by atoms with E-state index in [0.717, 1.165) is 25.0 Å². The van der Waals surface area contributed by atoms with E-state index in [-0.39, 0.29) is 5.56 Å². The van der Waals surface area contributed by atoms with Crippen LogP contribution in [0.1, 0.15) is 17.3 Å². The molecule has 28 heavy (non-hydrogen) atoms. The van der Waals surface area contributed by atoms with Crippen LogP contribution in [0.15, 0.2) is 42.5 Å². The first kappa shape index (κ1) is 20.9. The van der Waals surface area contributed by atoms with E-state index in [9.17, 15) is 24.3 Å². The van der Waals surface area contributed by atoms with Crippen LogP contribution < -0.4 is 5.32 Å². The summed E-state index contributed by atoms with van der Waals surface area (Å²) in [6.45, 7) is 1.36. The predicted octanol–water partition coefficient (Wildman–Crippen LogP) is 1.62. The number of hydrogen-bond donors (Lipinski definition) is 2. The van der Waals surface area contributed by atoms with Gasteiger partial charge in [-0.3, -0.25) is 14.4 Å². The molecule has 0 aliphatic carbocycles. The molecule has 0 aliphatic heterocycles. The van der Waals surface area contributed by atoms with Crippen molar-refractivity contribution >= 4 is 34.6 Å². The highest BCUT2D eigenvalue weighted by Gasteiger charge is 2.42. The first-order valence-corrected chi connectivity index (χ1v) is 8.48. The van der Waals surface area contributed by atoms with Gasteiger partial charge in [-0.2, -0.15) is 0 Å². The van der Waals surface area contributed by atoms with Crippen LogP contribution in [-0.4, -0.2) is 49.2 Å². The minimum atomic E-state index is -1.51. The van der Waals surface area contributed by atoms with Gasteiger partial charge in [0.05, 0.1) is 14.2 Å². The molecular weight excluding hydrogens is 366 g/mol. The second-order valence-electron chi connectivity index (χ2n) is 6.23. The maximum Gasteiger partial charge on any atom is 0.326 e. The van der Waals surface area contributed by atoms with Gasteiger partial charge in [0.25, 0.3) is 5.91 Å². The Hall–Kier alpha value is -3.42. The summed E-state index contributed by atoms with van der Waals surface area (Å²) in [5.41, 5.74) is 0.254. The van der Waals surface area contributed by atoms with E-state index in [0.29, 0.717) is 0 Å². The first-order valence-electron chi connectivity index (χ1n) is 8.48. The normalized spacial score (nSPS) is 12.9. The fraction of sp³-hybridized carbons (Fsp3) is 0.300. The van der Waals surface area contributed by atoms with Crippen LogP contribution in [0.25, 0.3) is 10.8 Å². The molecule has 2 aromatic carbocycles. The minimum absolute atomic E-state index is 0.254. The molecule has 0 saturated heterocycles. The van der Waals surface area contributed by atoms with E-state index >= 15 is 0 Å². The third-order valence-corrected chi connectivity index (χ3v) is 4.53. The summed E-state index contributed by atoms with van der Waals surface area (Å²) < 4.78 is 9.16. The quantitative estimate of drug-likeness (QED) is 0.547. The number of carbonyl (C=O) groups excluding carboxylic acids is 3. The molecule has 0 heterocycles. The molecular formula is C20H21NO7. The topological polar surface area (TPSA) is 119 Å². The monoisotopic (exact) mass is 387 g/mol. The molecule has 0 aromatic heterocycles. The number of fused-ring (bicyclic) bond motifs is 1. The van der Waals surface area contributed by atoms with Crippen molar-refractivity contribution in [2.75, 3.05) is 14.2 Å². The number of carboxylic acids is 1. The Morgan fingerprint density at radius 3 is 2.04 bits per heavy atom. The lowest BCUT2D eigenvalue weighted by Gasteiger charge is -2.26. The van der Waals surface area contributed by atoms with E-state index in [1.165, 1.54) is 6.92 Å². The molecule has 2 rings (SSSR count). The van der Waals surface area contributed by atoms with E-state index in [4.69, 9.17) is 0 Å². The zero-order valence-electron chi connectivity index (χ0n) is 15.7. The van der Waals surface area contributed by atoms with Crippen LogP contribution in [0.4, 0.5) is 0 Å². The molecule has 8 nitrogen and oxygen atoms in total. The largest absolute Gasteiger partial charge is 0.480 e. The van der Waals surface area contributed by atoms with Gasteiger partial charge in [0.15, 0.2) is 5.92 Å². The number of carboxylic acid groups (broad SMARTS) is 1. The van der Waals surface area contributed by atoms with Crippen molar-refractivity contribution in [2.24, 2.45) is 11.8 Å². The number of aliphatic carboxylic acids is 1. The summed E-state index contributed by atoms with van der Waals surface area (Å²) in [6, 6.07) is 10.8. The van der Waals surface area contributed by atoms with Crippen molar-refractivity contribution in [1.82, 2.24) is 5.32 Å². The lowest BCUT2D eigenvalue weighted by atomic mass is 9.87. The summed E-state index contributed by atoms with van der Waals surface area (Å²) in [7, 11) is 2.16. The number of benzene rings is 2. The molecule has 0 unspecified atom stereocenters. The number of nitrogens with one attached hydrogen (secondary N) is 1.